The van der Waals surface area contributed by atoms with E-state index in [1.54, 1.807) is 12.1 Å². The van der Waals surface area contributed by atoms with Crippen LogP contribution in [-0.2, 0) is 6.42 Å². The van der Waals surface area contributed by atoms with Crippen LogP contribution in [0.25, 0.3) is 0 Å². The molecule has 0 aliphatic rings. The van der Waals surface area contributed by atoms with Crippen LogP contribution in [0.15, 0.2) is 16.6 Å². The predicted molar refractivity (Wildman–Crippen MR) is 54.5 cm³/mol. The second kappa shape index (κ2) is 4.94. The Balaban J connectivity index is 2.96. The van der Waals surface area contributed by atoms with E-state index in [1.165, 1.54) is 0 Å². The molecule has 72 valence electrons. The third-order valence-corrected chi connectivity index (χ3v) is 2.69. The molecule has 0 aliphatic carbocycles. The summed E-state index contributed by atoms with van der Waals surface area (Å²) in [6, 6.07) is 3.21. The molecule has 0 unspecified atom stereocenters. The van der Waals surface area contributed by atoms with Gasteiger partial charge in [-0.05, 0) is 40.9 Å². The van der Waals surface area contributed by atoms with Crippen molar-refractivity contribution in [3.8, 4) is 0 Å². The number of aliphatic hydroxyl groups is 1. The van der Waals surface area contributed by atoms with Gasteiger partial charge in [-0.15, -0.1) is 0 Å². The topological polar surface area (TPSA) is 20.2 Å². The zero-order valence-corrected chi connectivity index (χ0v) is 9.20. The van der Waals surface area contributed by atoms with Crippen molar-refractivity contribution in [3.63, 3.8) is 0 Å². The summed E-state index contributed by atoms with van der Waals surface area (Å²) in [5.41, 5.74) is 0.463. The van der Waals surface area contributed by atoms with Crippen LogP contribution in [0.4, 0.5) is 4.39 Å². The minimum absolute atomic E-state index is 0.0439. The molecule has 1 N–H and O–H groups in total. The van der Waals surface area contributed by atoms with E-state index in [4.69, 9.17) is 16.7 Å². The molecule has 1 rings (SSSR count). The highest BCUT2D eigenvalue weighted by molar-refractivity contribution is 9.10. The minimum atomic E-state index is -0.332. The summed E-state index contributed by atoms with van der Waals surface area (Å²) in [5.74, 6) is -0.332. The fraction of sp³-hybridized carbons (Fsp3) is 0.333. The molecule has 0 spiro atoms. The molecule has 0 atom stereocenters. The Kier molecular flexibility index (Phi) is 4.16. The predicted octanol–water partition coefficient (Wildman–Crippen LogP) is 3.17. The van der Waals surface area contributed by atoms with Gasteiger partial charge in [-0.25, -0.2) is 4.39 Å². The van der Waals surface area contributed by atoms with Crippen LogP contribution >= 0.6 is 27.5 Å². The maximum Gasteiger partial charge on any atom is 0.142 e. The molecule has 0 saturated heterocycles. The van der Waals surface area contributed by atoms with E-state index in [2.05, 4.69) is 15.9 Å². The molecule has 0 aromatic heterocycles. The lowest BCUT2D eigenvalue weighted by atomic mass is 10.1. The molecule has 0 fully saturated rings. The molecule has 1 nitrogen and oxygen atoms in total. The minimum Gasteiger partial charge on any atom is -0.396 e. The monoisotopic (exact) mass is 266 g/mol. The van der Waals surface area contributed by atoms with E-state index < -0.39 is 0 Å². The number of aliphatic hydroxyl groups excluding tert-OH is 1. The molecule has 0 bridgehead atoms. The van der Waals surface area contributed by atoms with Gasteiger partial charge in [0.1, 0.15) is 5.82 Å². The lowest BCUT2D eigenvalue weighted by Crippen LogP contribution is -1.95. The van der Waals surface area contributed by atoms with Gasteiger partial charge in [0, 0.05) is 17.2 Å². The van der Waals surface area contributed by atoms with Crippen LogP contribution in [0.2, 0.25) is 5.02 Å². The van der Waals surface area contributed by atoms with Crippen LogP contribution in [0.3, 0.4) is 0 Å². The van der Waals surface area contributed by atoms with E-state index in [9.17, 15) is 4.39 Å². The molecule has 1 aromatic rings. The smallest absolute Gasteiger partial charge is 0.142 e. The summed E-state index contributed by atoms with van der Waals surface area (Å²) in [6.07, 6.45) is 0.980. The van der Waals surface area contributed by atoms with Crippen molar-refractivity contribution >= 4 is 27.5 Å². The summed E-state index contributed by atoms with van der Waals surface area (Å²) in [5, 5.41) is 9.01. The molecular formula is C9H9BrClFO. The maximum atomic E-state index is 13.4. The first kappa shape index (κ1) is 11.0. The molecule has 13 heavy (non-hydrogen) atoms. The van der Waals surface area contributed by atoms with Gasteiger partial charge < -0.3 is 5.11 Å². The molecule has 4 heteroatoms. The van der Waals surface area contributed by atoms with Crippen molar-refractivity contribution in [2.24, 2.45) is 0 Å². The van der Waals surface area contributed by atoms with Gasteiger partial charge in [0.15, 0.2) is 0 Å². The fourth-order valence-electron chi connectivity index (χ4n) is 1.05. The van der Waals surface area contributed by atoms with Crippen molar-refractivity contribution in [1.82, 2.24) is 0 Å². The highest BCUT2D eigenvalue weighted by atomic mass is 79.9. The Labute approximate surface area is 89.7 Å². The standard InChI is InChI=1S/C9H9BrClFO/c10-7-3-4-8(11)6(9(7)12)2-1-5-13/h3-4,13H,1-2,5H2. The Morgan fingerprint density at radius 2 is 2.15 bits per heavy atom. The van der Waals surface area contributed by atoms with E-state index >= 15 is 0 Å². The Hall–Kier alpha value is -0.120. The molecule has 0 saturated carbocycles. The van der Waals surface area contributed by atoms with Crippen LogP contribution in [0.5, 0.6) is 0 Å². The number of benzene rings is 1. The van der Waals surface area contributed by atoms with Crippen LogP contribution in [0, 0.1) is 5.82 Å². The SMILES string of the molecule is OCCCc1c(Cl)ccc(Br)c1F. The Morgan fingerprint density at radius 1 is 1.46 bits per heavy atom. The van der Waals surface area contributed by atoms with Gasteiger partial charge in [-0.1, -0.05) is 11.6 Å². The van der Waals surface area contributed by atoms with E-state index in [-0.39, 0.29) is 12.4 Å². The average molecular weight is 268 g/mol. The van der Waals surface area contributed by atoms with Crippen LogP contribution in [0.1, 0.15) is 12.0 Å². The third kappa shape index (κ3) is 2.66. The van der Waals surface area contributed by atoms with Gasteiger partial charge in [0.2, 0.25) is 0 Å². The van der Waals surface area contributed by atoms with Crippen molar-refractivity contribution in [2.45, 2.75) is 12.8 Å². The molecule has 1 aromatic carbocycles. The van der Waals surface area contributed by atoms with Gasteiger partial charge in [-0.2, -0.15) is 0 Å². The van der Waals surface area contributed by atoms with Crippen molar-refractivity contribution in [2.75, 3.05) is 6.61 Å². The molecule has 0 amide bonds. The second-order valence-corrected chi connectivity index (χ2v) is 3.91. The largest absolute Gasteiger partial charge is 0.396 e. The second-order valence-electron chi connectivity index (χ2n) is 2.65. The summed E-state index contributed by atoms with van der Waals surface area (Å²) in [6.45, 7) is 0.0439. The van der Waals surface area contributed by atoms with Gasteiger partial charge in [-0.3, -0.25) is 0 Å². The molecule has 0 aliphatic heterocycles. The lowest BCUT2D eigenvalue weighted by Gasteiger charge is -2.05. The number of hydrogen-bond acceptors (Lipinski definition) is 1. The highest BCUT2D eigenvalue weighted by Crippen LogP contribution is 2.26. The maximum absolute atomic E-state index is 13.4. The molecule has 0 heterocycles. The number of hydrogen-bond donors (Lipinski definition) is 1. The molecular weight excluding hydrogens is 258 g/mol. The fourth-order valence-corrected chi connectivity index (χ4v) is 1.67. The van der Waals surface area contributed by atoms with E-state index in [0.717, 1.165) is 0 Å². The number of halogens is 3. The van der Waals surface area contributed by atoms with Gasteiger partial charge in [0.05, 0.1) is 4.47 Å². The quantitative estimate of drug-likeness (QED) is 0.834. The lowest BCUT2D eigenvalue weighted by molar-refractivity contribution is 0.288. The van der Waals surface area contributed by atoms with Crippen LogP contribution < -0.4 is 0 Å². The molecule has 0 radical (unpaired) electrons. The van der Waals surface area contributed by atoms with Gasteiger partial charge >= 0.3 is 0 Å². The van der Waals surface area contributed by atoms with E-state index in [1.807, 2.05) is 0 Å². The Morgan fingerprint density at radius 3 is 2.77 bits per heavy atom. The first-order chi connectivity index (χ1) is 6.16. The summed E-state index contributed by atoms with van der Waals surface area (Å²) in [4.78, 5) is 0. The van der Waals surface area contributed by atoms with Crippen molar-refractivity contribution < 1.29 is 9.50 Å². The first-order valence-corrected chi connectivity index (χ1v) is 5.07. The average Bonchev–Trinajstić information content (AvgIpc) is 2.12. The van der Waals surface area contributed by atoms with Gasteiger partial charge in [0.25, 0.3) is 0 Å². The summed E-state index contributed by atoms with van der Waals surface area (Å²) in [7, 11) is 0. The highest BCUT2D eigenvalue weighted by Gasteiger charge is 2.09. The van der Waals surface area contributed by atoms with Crippen LogP contribution in [-0.4, -0.2) is 11.7 Å². The van der Waals surface area contributed by atoms with E-state index in [0.29, 0.717) is 27.9 Å². The summed E-state index contributed by atoms with van der Waals surface area (Å²) < 4.78 is 13.8. The zero-order valence-electron chi connectivity index (χ0n) is 6.86. The first-order valence-electron chi connectivity index (χ1n) is 3.90. The van der Waals surface area contributed by atoms with Crippen molar-refractivity contribution in [1.29, 1.82) is 0 Å². The summed E-state index contributed by atoms with van der Waals surface area (Å²) >= 11 is 8.87. The zero-order chi connectivity index (χ0) is 9.84. The number of rotatable bonds is 3. The Bertz CT molecular complexity index is 304. The van der Waals surface area contributed by atoms with Crippen molar-refractivity contribution in [3.05, 3.63) is 33.0 Å². The third-order valence-electron chi connectivity index (χ3n) is 1.72. The normalized spacial score (nSPS) is 10.5.